The fourth-order valence-corrected chi connectivity index (χ4v) is 2.47. The number of halogens is 1. The second kappa shape index (κ2) is 6.24. The number of carbonyl (C=O) groups is 2. The summed E-state index contributed by atoms with van der Waals surface area (Å²) in [5.41, 5.74) is 2.18. The molecule has 0 saturated carbocycles. The van der Waals surface area contributed by atoms with Gasteiger partial charge in [0.2, 0.25) is 11.8 Å². The number of hydrogen-bond donors (Lipinski definition) is 2. The fraction of sp³-hybridized carbons (Fsp3) is 0.429. The van der Waals surface area contributed by atoms with Crippen LogP contribution in [0.3, 0.4) is 0 Å². The first-order valence-corrected chi connectivity index (χ1v) is 6.62. The zero-order valence-electron chi connectivity index (χ0n) is 11.1. The summed E-state index contributed by atoms with van der Waals surface area (Å²) >= 11 is 0. The Kier molecular flexibility index (Phi) is 4.62. The molecule has 1 aromatic carbocycles. The van der Waals surface area contributed by atoms with E-state index in [4.69, 9.17) is 0 Å². The third kappa shape index (κ3) is 2.78. The summed E-state index contributed by atoms with van der Waals surface area (Å²) in [5, 5.41) is 5.76. The molecular weight excluding hydrogens is 278 g/mol. The van der Waals surface area contributed by atoms with Crippen LogP contribution in [0.5, 0.6) is 0 Å². The first-order valence-electron chi connectivity index (χ1n) is 6.62. The van der Waals surface area contributed by atoms with Gasteiger partial charge in [0.1, 0.15) is 0 Å². The minimum Gasteiger partial charge on any atom is -0.347 e. The Bertz CT molecular complexity index is 517. The van der Waals surface area contributed by atoms with E-state index in [9.17, 15) is 9.59 Å². The van der Waals surface area contributed by atoms with Crippen LogP contribution in [0.25, 0.3) is 0 Å². The maximum atomic E-state index is 12.1. The van der Waals surface area contributed by atoms with Gasteiger partial charge in [-0.15, -0.1) is 12.4 Å². The molecular formula is C14H18ClN3O2. The molecule has 0 atom stereocenters. The number of rotatable bonds is 3. The van der Waals surface area contributed by atoms with Crippen LogP contribution in [-0.2, 0) is 16.0 Å². The summed E-state index contributed by atoms with van der Waals surface area (Å²) in [7, 11) is 0. The molecule has 0 radical (unpaired) electrons. The molecule has 1 aromatic rings. The second-order valence-electron chi connectivity index (χ2n) is 5.00. The summed E-state index contributed by atoms with van der Waals surface area (Å²) < 4.78 is 0. The summed E-state index contributed by atoms with van der Waals surface area (Å²) in [6.45, 7) is 2.22. The van der Waals surface area contributed by atoms with Gasteiger partial charge in [0.05, 0.1) is 12.5 Å². The van der Waals surface area contributed by atoms with Gasteiger partial charge in [-0.3, -0.25) is 9.59 Å². The third-order valence-corrected chi connectivity index (χ3v) is 3.75. The van der Waals surface area contributed by atoms with Crippen molar-refractivity contribution in [2.24, 2.45) is 5.92 Å². The molecule has 2 amide bonds. The number of para-hydroxylation sites is 1. The Morgan fingerprint density at radius 3 is 2.75 bits per heavy atom. The Labute approximate surface area is 124 Å². The summed E-state index contributed by atoms with van der Waals surface area (Å²) in [6, 6.07) is 7.92. The van der Waals surface area contributed by atoms with Gasteiger partial charge in [-0.1, -0.05) is 18.2 Å². The lowest BCUT2D eigenvalue weighted by atomic mass is 10.0. The zero-order chi connectivity index (χ0) is 13.2. The van der Waals surface area contributed by atoms with Crippen molar-refractivity contribution >= 4 is 29.9 Å². The van der Waals surface area contributed by atoms with Crippen LogP contribution < -0.4 is 15.5 Å². The van der Waals surface area contributed by atoms with E-state index >= 15 is 0 Å². The fourth-order valence-electron chi connectivity index (χ4n) is 2.47. The summed E-state index contributed by atoms with van der Waals surface area (Å²) in [5.74, 6) is -0.0381. The average Bonchev–Trinajstić information content (AvgIpc) is 2.77. The van der Waals surface area contributed by atoms with Crippen LogP contribution in [-0.4, -0.2) is 38.0 Å². The molecule has 108 valence electrons. The van der Waals surface area contributed by atoms with Crippen LogP contribution in [0.4, 0.5) is 5.69 Å². The predicted molar refractivity (Wildman–Crippen MR) is 79.1 cm³/mol. The van der Waals surface area contributed by atoms with E-state index in [-0.39, 0.29) is 36.7 Å². The number of amides is 2. The molecule has 0 unspecified atom stereocenters. The van der Waals surface area contributed by atoms with Crippen LogP contribution in [0.1, 0.15) is 5.56 Å². The average molecular weight is 296 g/mol. The summed E-state index contributed by atoms with van der Waals surface area (Å²) in [6.07, 6.45) is 0.891. The van der Waals surface area contributed by atoms with Crippen LogP contribution in [0.2, 0.25) is 0 Å². The zero-order valence-corrected chi connectivity index (χ0v) is 11.9. The Hall–Kier alpha value is -1.59. The molecule has 0 spiro atoms. The quantitative estimate of drug-likeness (QED) is 0.845. The highest BCUT2D eigenvalue weighted by atomic mass is 35.5. The number of nitrogens with one attached hydrogen (secondary N) is 2. The SMILES string of the molecule is Cl.O=C(NCC(=O)N1CCc2ccccc21)C1CNC1. The molecule has 1 saturated heterocycles. The molecule has 0 aliphatic carbocycles. The van der Waals surface area contributed by atoms with Crippen molar-refractivity contribution < 1.29 is 9.59 Å². The standard InChI is InChI=1S/C14H17N3O2.ClH/c18-13(9-16-14(19)11-7-15-8-11)17-6-5-10-3-1-2-4-12(10)17;/h1-4,11,15H,5-9H2,(H,16,19);1H. The lowest BCUT2D eigenvalue weighted by Gasteiger charge is -2.26. The Morgan fingerprint density at radius 2 is 2.05 bits per heavy atom. The molecule has 0 aromatic heterocycles. The van der Waals surface area contributed by atoms with Gasteiger partial charge in [-0.25, -0.2) is 0 Å². The smallest absolute Gasteiger partial charge is 0.246 e. The topological polar surface area (TPSA) is 61.4 Å². The minimum absolute atomic E-state index is 0. The molecule has 2 aliphatic rings. The number of benzene rings is 1. The van der Waals surface area contributed by atoms with E-state index in [1.54, 1.807) is 4.90 Å². The Morgan fingerprint density at radius 1 is 1.30 bits per heavy atom. The van der Waals surface area contributed by atoms with Gasteiger partial charge < -0.3 is 15.5 Å². The molecule has 20 heavy (non-hydrogen) atoms. The Balaban J connectivity index is 0.00000147. The van der Waals surface area contributed by atoms with Crippen molar-refractivity contribution in [2.45, 2.75) is 6.42 Å². The van der Waals surface area contributed by atoms with Crippen molar-refractivity contribution in [2.75, 3.05) is 31.1 Å². The molecule has 0 bridgehead atoms. The first-order chi connectivity index (χ1) is 9.25. The summed E-state index contributed by atoms with van der Waals surface area (Å²) in [4.78, 5) is 25.6. The molecule has 1 fully saturated rings. The lowest BCUT2D eigenvalue weighted by molar-refractivity contribution is -0.128. The van der Waals surface area contributed by atoms with Crippen LogP contribution in [0, 0.1) is 5.92 Å². The van der Waals surface area contributed by atoms with Gasteiger partial charge in [-0.2, -0.15) is 0 Å². The molecule has 2 heterocycles. The highest BCUT2D eigenvalue weighted by Gasteiger charge is 2.27. The van der Waals surface area contributed by atoms with Gasteiger partial charge in [0.25, 0.3) is 0 Å². The number of anilines is 1. The molecule has 5 nitrogen and oxygen atoms in total. The first kappa shape index (κ1) is 14.8. The van der Waals surface area contributed by atoms with E-state index in [1.807, 2.05) is 24.3 Å². The van der Waals surface area contributed by atoms with Crippen LogP contribution >= 0.6 is 12.4 Å². The molecule has 2 aliphatic heterocycles. The predicted octanol–water partition coefficient (Wildman–Crippen LogP) is 0.333. The highest BCUT2D eigenvalue weighted by molar-refractivity contribution is 5.98. The van der Waals surface area contributed by atoms with Crippen molar-refractivity contribution in [3.05, 3.63) is 29.8 Å². The van der Waals surface area contributed by atoms with Gasteiger partial charge in [0.15, 0.2) is 0 Å². The van der Waals surface area contributed by atoms with E-state index in [0.717, 1.165) is 12.1 Å². The molecule has 2 N–H and O–H groups in total. The van der Waals surface area contributed by atoms with E-state index in [1.165, 1.54) is 5.56 Å². The number of carbonyl (C=O) groups excluding carboxylic acids is 2. The highest BCUT2D eigenvalue weighted by Crippen LogP contribution is 2.27. The van der Waals surface area contributed by atoms with Crippen molar-refractivity contribution in [1.29, 1.82) is 0 Å². The van der Waals surface area contributed by atoms with E-state index in [0.29, 0.717) is 19.6 Å². The lowest BCUT2D eigenvalue weighted by Crippen LogP contribution is -2.52. The maximum Gasteiger partial charge on any atom is 0.246 e. The van der Waals surface area contributed by atoms with Crippen molar-refractivity contribution in [3.63, 3.8) is 0 Å². The second-order valence-corrected chi connectivity index (χ2v) is 5.00. The normalized spacial score (nSPS) is 16.9. The number of nitrogens with zero attached hydrogens (tertiary/aromatic N) is 1. The molecule has 3 rings (SSSR count). The third-order valence-electron chi connectivity index (χ3n) is 3.75. The monoisotopic (exact) mass is 295 g/mol. The van der Waals surface area contributed by atoms with Crippen LogP contribution in [0.15, 0.2) is 24.3 Å². The largest absolute Gasteiger partial charge is 0.347 e. The maximum absolute atomic E-state index is 12.1. The minimum atomic E-state index is -0.0365. The number of fused-ring (bicyclic) bond motifs is 1. The number of hydrogen-bond acceptors (Lipinski definition) is 3. The van der Waals surface area contributed by atoms with Crippen molar-refractivity contribution in [3.8, 4) is 0 Å². The van der Waals surface area contributed by atoms with Gasteiger partial charge in [0, 0.05) is 25.3 Å². The van der Waals surface area contributed by atoms with Gasteiger partial charge >= 0.3 is 0 Å². The van der Waals surface area contributed by atoms with Gasteiger partial charge in [-0.05, 0) is 18.1 Å². The van der Waals surface area contributed by atoms with E-state index < -0.39 is 0 Å². The van der Waals surface area contributed by atoms with E-state index in [2.05, 4.69) is 10.6 Å². The molecule has 6 heteroatoms. The van der Waals surface area contributed by atoms with Crippen molar-refractivity contribution in [1.82, 2.24) is 10.6 Å².